The molecule has 2 amide bonds. The molecule has 3 fully saturated rings. The quantitative estimate of drug-likeness (QED) is 0.845. The molecule has 0 radical (unpaired) electrons. The minimum absolute atomic E-state index is 0.0179. The van der Waals surface area contributed by atoms with Crippen LogP contribution in [0.15, 0.2) is 24.3 Å². The van der Waals surface area contributed by atoms with Gasteiger partial charge in [0.25, 0.3) is 0 Å². The van der Waals surface area contributed by atoms with Crippen molar-refractivity contribution < 1.29 is 14.0 Å². The minimum atomic E-state index is -0.243. The van der Waals surface area contributed by atoms with E-state index < -0.39 is 0 Å². The number of carbonyl (C=O) groups is 2. The highest BCUT2D eigenvalue weighted by molar-refractivity contribution is 5.82. The summed E-state index contributed by atoms with van der Waals surface area (Å²) >= 11 is 0. The van der Waals surface area contributed by atoms with Crippen LogP contribution in [0.5, 0.6) is 0 Å². The van der Waals surface area contributed by atoms with Gasteiger partial charge in [0, 0.05) is 31.5 Å². The van der Waals surface area contributed by atoms with E-state index in [1.54, 1.807) is 12.1 Å². The monoisotopic (exact) mass is 344 g/mol. The molecule has 3 aliphatic rings. The van der Waals surface area contributed by atoms with Crippen LogP contribution in [0, 0.1) is 17.7 Å². The first-order valence-corrected chi connectivity index (χ1v) is 9.48. The van der Waals surface area contributed by atoms with Crippen LogP contribution in [0.25, 0.3) is 0 Å². The normalized spacial score (nSPS) is 24.6. The van der Waals surface area contributed by atoms with Crippen molar-refractivity contribution >= 4 is 11.8 Å². The molecule has 1 atom stereocenters. The fraction of sp³-hybridized carbons (Fsp3) is 0.600. The molecule has 0 N–H and O–H groups in total. The lowest BCUT2D eigenvalue weighted by molar-refractivity contribution is -0.142. The maximum absolute atomic E-state index is 13.2. The lowest BCUT2D eigenvalue weighted by atomic mass is 9.94. The zero-order valence-electron chi connectivity index (χ0n) is 14.5. The third kappa shape index (κ3) is 3.42. The van der Waals surface area contributed by atoms with E-state index in [0.717, 1.165) is 50.6 Å². The molecule has 0 aromatic heterocycles. The number of likely N-dealkylation sites (tertiary alicyclic amines) is 2. The number of nitrogens with zero attached hydrogens (tertiary/aromatic N) is 2. The van der Waals surface area contributed by atoms with Crippen LogP contribution in [0.4, 0.5) is 4.39 Å². The van der Waals surface area contributed by atoms with E-state index in [0.29, 0.717) is 13.1 Å². The molecule has 25 heavy (non-hydrogen) atoms. The van der Waals surface area contributed by atoms with Gasteiger partial charge in [0.2, 0.25) is 11.8 Å². The Bertz CT molecular complexity index is 648. The number of hydrogen-bond donors (Lipinski definition) is 0. The van der Waals surface area contributed by atoms with Crippen molar-refractivity contribution in [1.82, 2.24) is 9.80 Å². The summed E-state index contributed by atoms with van der Waals surface area (Å²) in [5.41, 5.74) is 1.02. The van der Waals surface area contributed by atoms with Gasteiger partial charge in [0.1, 0.15) is 5.82 Å². The summed E-state index contributed by atoms with van der Waals surface area (Å²) in [4.78, 5) is 29.1. The van der Waals surface area contributed by atoms with Gasteiger partial charge in [-0.3, -0.25) is 9.59 Å². The number of halogens is 1. The summed E-state index contributed by atoms with van der Waals surface area (Å²) in [6, 6.07) is 6.60. The van der Waals surface area contributed by atoms with Crippen LogP contribution in [0.3, 0.4) is 0 Å². The van der Waals surface area contributed by atoms with Crippen molar-refractivity contribution in [2.75, 3.05) is 19.6 Å². The fourth-order valence-electron chi connectivity index (χ4n) is 4.23. The molecule has 0 unspecified atom stereocenters. The predicted molar refractivity (Wildman–Crippen MR) is 92.1 cm³/mol. The lowest BCUT2D eigenvalue weighted by Gasteiger charge is -2.35. The first-order valence-electron chi connectivity index (χ1n) is 9.48. The molecule has 0 bridgehead atoms. The van der Waals surface area contributed by atoms with E-state index >= 15 is 0 Å². The van der Waals surface area contributed by atoms with Gasteiger partial charge in [-0.25, -0.2) is 4.39 Å². The van der Waals surface area contributed by atoms with E-state index in [4.69, 9.17) is 0 Å². The van der Waals surface area contributed by atoms with Gasteiger partial charge >= 0.3 is 0 Å². The first-order chi connectivity index (χ1) is 12.1. The molecular weight excluding hydrogens is 319 g/mol. The number of rotatable bonds is 3. The second-order valence-corrected chi connectivity index (χ2v) is 7.62. The third-order valence-corrected chi connectivity index (χ3v) is 5.87. The van der Waals surface area contributed by atoms with Gasteiger partial charge in [-0.2, -0.15) is 0 Å². The minimum Gasteiger partial charge on any atom is -0.342 e. The molecule has 2 heterocycles. The zero-order chi connectivity index (χ0) is 17.4. The number of piperidine rings is 1. The molecule has 1 aromatic rings. The van der Waals surface area contributed by atoms with E-state index in [1.807, 2.05) is 9.80 Å². The standard InChI is InChI=1S/C20H25FN2O2/c21-17-7-5-14(6-8-17)18-2-1-11-23(18)20(25)16-9-12-22(13-10-16)19(24)15-3-4-15/h5-8,15-16,18H,1-4,9-13H2/t18-/m1/s1. The van der Waals surface area contributed by atoms with Crippen molar-refractivity contribution in [2.24, 2.45) is 11.8 Å². The van der Waals surface area contributed by atoms with Crippen molar-refractivity contribution in [3.8, 4) is 0 Å². The van der Waals surface area contributed by atoms with Gasteiger partial charge in [-0.1, -0.05) is 12.1 Å². The maximum Gasteiger partial charge on any atom is 0.226 e. The third-order valence-electron chi connectivity index (χ3n) is 5.87. The van der Waals surface area contributed by atoms with Crippen molar-refractivity contribution in [3.63, 3.8) is 0 Å². The van der Waals surface area contributed by atoms with Crippen LogP contribution in [0.2, 0.25) is 0 Å². The summed E-state index contributed by atoms with van der Waals surface area (Å²) in [6.07, 6.45) is 5.53. The second kappa shape index (κ2) is 6.77. The van der Waals surface area contributed by atoms with Crippen LogP contribution < -0.4 is 0 Å². The average molecular weight is 344 g/mol. The largest absolute Gasteiger partial charge is 0.342 e. The zero-order valence-corrected chi connectivity index (χ0v) is 14.5. The average Bonchev–Trinajstić information content (AvgIpc) is 3.38. The Balaban J connectivity index is 1.38. The van der Waals surface area contributed by atoms with E-state index in [9.17, 15) is 14.0 Å². The molecule has 1 aliphatic carbocycles. The molecule has 0 spiro atoms. The molecule has 4 nitrogen and oxygen atoms in total. The van der Waals surface area contributed by atoms with Crippen molar-refractivity contribution in [1.29, 1.82) is 0 Å². The Kier molecular flexibility index (Phi) is 4.48. The number of carbonyl (C=O) groups excluding carboxylic acids is 2. The van der Waals surface area contributed by atoms with Crippen molar-refractivity contribution in [2.45, 2.75) is 44.6 Å². The van der Waals surface area contributed by atoms with Crippen LogP contribution in [-0.4, -0.2) is 41.2 Å². The maximum atomic E-state index is 13.2. The Morgan fingerprint density at radius 1 is 0.840 bits per heavy atom. The molecule has 1 saturated carbocycles. The highest BCUT2D eigenvalue weighted by Gasteiger charge is 2.38. The Labute approximate surface area is 148 Å². The van der Waals surface area contributed by atoms with Crippen LogP contribution in [-0.2, 0) is 9.59 Å². The smallest absolute Gasteiger partial charge is 0.226 e. The molecule has 2 aliphatic heterocycles. The summed E-state index contributed by atoms with van der Waals surface area (Å²) in [5.74, 6) is 0.534. The second-order valence-electron chi connectivity index (χ2n) is 7.62. The van der Waals surface area contributed by atoms with Gasteiger partial charge in [0.15, 0.2) is 0 Å². The Morgan fingerprint density at radius 3 is 2.12 bits per heavy atom. The topological polar surface area (TPSA) is 40.6 Å². The SMILES string of the molecule is O=C(C1CC1)N1CCC(C(=O)N2CCC[C@@H]2c2ccc(F)cc2)CC1. The highest BCUT2D eigenvalue weighted by Crippen LogP contribution is 2.36. The predicted octanol–water partition coefficient (Wildman–Crippen LogP) is 3.14. The number of hydrogen-bond acceptors (Lipinski definition) is 2. The Morgan fingerprint density at radius 2 is 1.48 bits per heavy atom. The molecule has 1 aromatic carbocycles. The highest BCUT2D eigenvalue weighted by atomic mass is 19.1. The lowest BCUT2D eigenvalue weighted by Crippen LogP contribution is -2.44. The molecular formula is C20H25FN2O2. The molecule has 134 valence electrons. The van der Waals surface area contributed by atoms with Crippen LogP contribution in [0.1, 0.15) is 50.1 Å². The van der Waals surface area contributed by atoms with E-state index in [1.165, 1.54) is 12.1 Å². The molecule has 4 rings (SSSR count). The van der Waals surface area contributed by atoms with E-state index in [2.05, 4.69) is 0 Å². The van der Waals surface area contributed by atoms with Gasteiger partial charge in [-0.05, 0) is 56.2 Å². The summed E-state index contributed by atoms with van der Waals surface area (Å²) < 4.78 is 13.2. The first kappa shape index (κ1) is 16.6. The summed E-state index contributed by atoms with van der Waals surface area (Å²) in [5, 5.41) is 0. The summed E-state index contributed by atoms with van der Waals surface area (Å²) in [7, 11) is 0. The number of amides is 2. The van der Waals surface area contributed by atoms with Gasteiger partial charge in [0.05, 0.1) is 6.04 Å². The molecule has 2 saturated heterocycles. The summed E-state index contributed by atoms with van der Waals surface area (Å²) in [6.45, 7) is 2.20. The van der Waals surface area contributed by atoms with E-state index in [-0.39, 0.29) is 35.5 Å². The van der Waals surface area contributed by atoms with Gasteiger partial charge in [-0.15, -0.1) is 0 Å². The molecule has 5 heteroatoms. The van der Waals surface area contributed by atoms with Crippen LogP contribution >= 0.6 is 0 Å². The van der Waals surface area contributed by atoms with Gasteiger partial charge < -0.3 is 9.80 Å². The fourth-order valence-corrected chi connectivity index (χ4v) is 4.23. The Hall–Kier alpha value is -1.91. The van der Waals surface area contributed by atoms with Crippen molar-refractivity contribution in [3.05, 3.63) is 35.6 Å². The number of benzene rings is 1.